The van der Waals surface area contributed by atoms with E-state index in [4.69, 9.17) is 0 Å². The van der Waals surface area contributed by atoms with Gasteiger partial charge in [0.2, 0.25) is 0 Å². The molecule has 10 heteroatoms. The lowest BCUT2D eigenvalue weighted by Crippen LogP contribution is -2.36. The Labute approximate surface area is 206 Å². The third-order valence-electron chi connectivity index (χ3n) is 6.76. The number of aryl methyl sites for hydroxylation is 1. The van der Waals surface area contributed by atoms with E-state index in [1.54, 1.807) is 31.3 Å². The van der Waals surface area contributed by atoms with Crippen molar-refractivity contribution >= 4 is 17.6 Å². The van der Waals surface area contributed by atoms with Gasteiger partial charge in [-0.25, -0.2) is 9.97 Å². The molecule has 3 heterocycles. The van der Waals surface area contributed by atoms with Crippen LogP contribution in [0.5, 0.6) is 0 Å². The van der Waals surface area contributed by atoms with Gasteiger partial charge in [0.25, 0.3) is 0 Å². The summed E-state index contributed by atoms with van der Waals surface area (Å²) in [5.41, 5.74) is 0.545. The molecule has 0 radical (unpaired) electrons. The zero-order valence-corrected chi connectivity index (χ0v) is 19.9. The van der Waals surface area contributed by atoms with Crippen molar-refractivity contribution in [2.24, 2.45) is 11.8 Å². The highest BCUT2D eigenvalue weighted by molar-refractivity contribution is 5.70. The molecule has 0 aromatic carbocycles. The van der Waals surface area contributed by atoms with Crippen LogP contribution in [0.15, 0.2) is 48.8 Å². The minimum atomic E-state index is -4.48. The first-order chi connectivity index (χ1) is 16.9. The Morgan fingerprint density at radius 3 is 2.36 bits per heavy atom. The summed E-state index contributed by atoms with van der Waals surface area (Å²) in [4.78, 5) is 24.2. The van der Waals surface area contributed by atoms with Crippen molar-refractivity contribution in [2.75, 3.05) is 5.32 Å². The van der Waals surface area contributed by atoms with Crippen LogP contribution < -0.4 is 5.32 Å². The lowest BCUT2D eigenvalue weighted by molar-refractivity contribution is -0.144. The SMILES string of the molecule is Cc1cc(Nc2cc(C(F)(F)F)ccn2)nc(-c2ccc(C(C)(O)C3CCC(C(=O)O)CC3)nc2)c1. The fraction of sp³-hybridized carbons (Fsp3) is 0.385. The monoisotopic (exact) mass is 500 g/mol. The maximum Gasteiger partial charge on any atom is 0.416 e. The van der Waals surface area contributed by atoms with Crippen molar-refractivity contribution in [1.82, 2.24) is 15.0 Å². The number of aliphatic carboxylic acids is 1. The highest BCUT2D eigenvalue weighted by Gasteiger charge is 2.39. The predicted molar refractivity (Wildman–Crippen MR) is 127 cm³/mol. The second-order valence-electron chi connectivity index (χ2n) is 9.43. The molecule has 0 saturated heterocycles. The van der Waals surface area contributed by atoms with Crippen molar-refractivity contribution < 1.29 is 28.2 Å². The van der Waals surface area contributed by atoms with Crippen molar-refractivity contribution in [3.8, 4) is 11.3 Å². The lowest BCUT2D eigenvalue weighted by atomic mass is 9.73. The Hall–Kier alpha value is -3.53. The smallest absolute Gasteiger partial charge is 0.416 e. The molecule has 1 unspecified atom stereocenters. The summed E-state index contributed by atoms with van der Waals surface area (Å²) in [5.74, 6) is -0.897. The van der Waals surface area contributed by atoms with Gasteiger partial charge in [0, 0.05) is 18.0 Å². The Bertz CT molecular complexity index is 1240. The average molecular weight is 501 g/mol. The van der Waals surface area contributed by atoms with Crippen LogP contribution in [0, 0.1) is 18.8 Å². The molecule has 190 valence electrons. The third kappa shape index (κ3) is 5.64. The molecule has 0 spiro atoms. The molecular weight excluding hydrogens is 473 g/mol. The molecule has 1 aliphatic rings. The number of aliphatic hydroxyl groups is 1. The first-order valence-corrected chi connectivity index (χ1v) is 11.6. The fourth-order valence-corrected chi connectivity index (χ4v) is 4.64. The van der Waals surface area contributed by atoms with Crippen LogP contribution in [0.25, 0.3) is 11.3 Å². The molecular formula is C26H27F3N4O3. The average Bonchev–Trinajstić information content (AvgIpc) is 2.83. The first-order valence-electron chi connectivity index (χ1n) is 11.6. The zero-order chi connectivity index (χ0) is 26.1. The molecule has 3 N–H and O–H groups in total. The van der Waals surface area contributed by atoms with Crippen LogP contribution in [0.2, 0.25) is 0 Å². The molecule has 0 bridgehead atoms. The summed E-state index contributed by atoms with van der Waals surface area (Å²) in [5, 5.41) is 23.3. The summed E-state index contributed by atoms with van der Waals surface area (Å²) in [6.45, 7) is 3.55. The molecule has 1 atom stereocenters. The van der Waals surface area contributed by atoms with E-state index in [0.29, 0.717) is 48.5 Å². The molecule has 1 aliphatic carbocycles. The Kier molecular flexibility index (Phi) is 6.99. The van der Waals surface area contributed by atoms with Gasteiger partial charge < -0.3 is 15.5 Å². The minimum absolute atomic E-state index is 0.0241. The number of alkyl halides is 3. The van der Waals surface area contributed by atoms with E-state index >= 15 is 0 Å². The van der Waals surface area contributed by atoms with Crippen LogP contribution in [0.4, 0.5) is 24.8 Å². The number of hydrogen-bond acceptors (Lipinski definition) is 6. The van der Waals surface area contributed by atoms with Gasteiger partial charge in [-0.05, 0) is 87.4 Å². The number of rotatable bonds is 6. The number of hydrogen-bond donors (Lipinski definition) is 3. The molecule has 0 amide bonds. The van der Waals surface area contributed by atoms with Crippen LogP contribution in [-0.4, -0.2) is 31.1 Å². The summed E-state index contributed by atoms with van der Waals surface area (Å²) in [6.07, 6.45) is 0.465. The molecule has 4 rings (SSSR count). The van der Waals surface area contributed by atoms with Gasteiger partial charge >= 0.3 is 12.1 Å². The third-order valence-corrected chi connectivity index (χ3v) is 6.76. The quantitative estimate of drug-likeness (QED) is 0.398. The van der Waals surface area contributed by atoms with E-state index in [1.165, 1.54) is 0 Å². The number of aromatic nitrogens is 3. The van der Waals surface area contributed by atoms with Crippen LogP contribution in [0.1, 0.15) is 49.4 Å². The summed E-state index contributed by atoms with van der Waals surface area (Å²) >= 11 is 0. The lowest BCUT2D eigenvalue weighted by Gasteiger charge is -2.36. The number of nitrogens with one attached hydrogen (secondary N) is 1. The number of carboxylic acid groups (broad SMARTS) is 1. The second kappa shape index (κ2) is 9.85. The highest BCUT2D eigenvalue weighted by Crippen LogP contribution is 2.40. The van der Waals surface area contributed by atoms with Gasteiger partial charge in [0.05, 0.1) is 22.9 Å². The number of nitrogens with zero attached hydrogens (tertiary/aromatic N) is 3. The summed E-state index contributed by atoms with van der Waals surface area (Å²) < 4.78 is 39.1. The van der Waals surface area contributed by atoms with Crippen molar-refractivity contribution in [2.45, 2.75) is 51.3 Å². The van der Waals surface area contributed by atoms with Crippen molar-refractivity contribution in [1.29, 1.82) is 0 Å². The molecule has 3 aromatic rings. The maximum absolute atomic E-state index is 13.0. The number of halogens is 3. The molecule has 3 aromatic heterocycles. The predicted octanol–water partition coefficient (Wildman–Crippen LogP) is 5.71. The van der Waals surface area contributed by atoms with Crippen LogP contribution in [-0.2, 0) is 16.6 Å². The molecule has 36 heavy (non-hydrogen) atoms. The molecule has 0 aliphatic heterocycles. The van der Waals surface area contributed by atoms with Gasteiger partial charge in [-0.15, -0.1) is 0 Å². The Morgan fingerprint density at radius 2 is 1.75 bits per heavy atom. The van der Waals surface area contributed by atoms with Crippen LogP contribution >= 0.6 is 0 Å². The first kappa shape index (κ1) is 25.6. The van der Waals surface area contributed by atoms with Gasteiger partial charge in [0.15, 0.2) is 0 Å². The summed E-state index contributed by atoms with van der Waals surface area (Å²) in [7, 11) is 0. The topological polar surface area (TPSA) is 108 Å². The van der Waals surface area contributed by atoms with E-state index in [9.17, 15) is 28.2 Å². The van der Waals surface area contributed by atoms with Gasteiger partial charge in [-0.2, -0.15) is 13.2 Å². The van der Waals surface area contributed by atoms with E-state index < -0.39 is 23.3 Å². The fourth-order valence-electron chi connectivity index (χ4n) is 4.64. The second-order valence-corrected chi connectivity index (χ2v) is 9.43. The molecule has 7 nitrogen and oxygen atoms in total. The maximum atomic E-state index is 13.0. The normalized spacial score (nSPS) is 19.9. The van der Waals surface area contributed by atoms with E-state index in [-0.39, 0.29) is 17.7 Å². The van der Waals surface area contributed by atoms with Crippen LogP contribution in [0.3, 0.4) is 0 Å². The number of anilines is 2. The van der Waals surface area contributed by atoms with E-state index in [0.717, 1.165) is 23.9 Å². The van der Waals surface area contributed by atoms with E-state index in [2.05, 4.69) is 20.3 Å². The number of pyridine rings is 3. The van der Waals surface area contributed by atoms with Crippen molar-refractivity contribution in [3.05, 3.63) is 65.6 Å². The highest BCUT2D eigenvalue weighted by atomic mass is 19.4. The standard InChI is InChI=1S/C26H27F3N4O3/c1-15-11-20(32-23(12-15)33-22-13-19(9-10-30-22)26(27,28)29)17-5-8-21(31-14-17)25(2,36)18-6-3-16(4-7-18)24(34)35/h5,8-14,16,18,36H,3-4,6-7H2,1-2H3,(H,34,35)(H,30,32,33). The minimum Gasteiger partial charge on any atom is -0.481 e. The number of carboxylic acids is 1. The Morgan fingerprint density at radius 1 is 1.03 bits per heavy atom. The molecule has 1 fully saturated rings. The van der Waals surface area contributed by atoms with Crippen molar-refractivity contribution in [3.63, 3.8) is 0 Å². The van der Waals surface area contributed by atoms with Gasteiger partial charge in [-0.3, -0.25) is 9.78 Å². The Balaban J connectivity index is 1.52. The van der Waals surface area contributed by atoms with E-state index in [1.807, 2.05) is 13.0 Å². The largest absolute Gasteiger partial charge is 0.481 e. The van der Waals surface area contributed by atoms with Gasteiger partial charge in [0.1, 0.15) is 17.2 Å². The zero-order valence-electron chi connectivity index (χ0n) is 19.9. The van der Waals surface area contributed by atoms with Gasteiger partial charge in [-0.1, -0.05) is 0 Å². The number of carbonyl (C=O) groups is 1. The molecule has 1 saturated carbocycles. The summed E-state index contributed by atoms with van der Waals surface area (Å²) in [6, 6.07) is 8.86.